The van der Waals surface area contributed by atoms with Crippen LogP contribution in [-0.4, -0.2) is 48.5 Å². The van der Waals surface area contributed by atoms with Gasteiger partial charge in [-0.2, -0.15) is 0 Å². The van der Waals surface area contributed by atoms with Crippen LogP contribution in [0.4, 0.5) is 21.9 Å². The molecule has 6 rings (SSSR count). The zero-order valence-electron chi connectivity index (χ0n) is 22.7. The predicted molar refractivity (Wildman–Crippen MR) is 159 cm³/mol. The number of anilines is 3. The summed E-state index contributed by atoms with van der Waals surface area (Å²) >= 11 is 1.26. The van der Waals surface area contributed by atoms with Crippen molar-refractivity contribution in [3.8, 4) is 11.5 Å². The van der Waals surface area contributed by atoms with E-state index in [0.717, 1.165) is 29.5 Å². The average molecular weight is 571 g/mol. The first-order valence-electron chi connectivity index (χ1n) is 13.5. The summed E-state index contributed by atoms with van der Waals surface area (Å²) in [6.07, 6.45) is 3.88. The van der Waals surface area contributed by atoms with Crippen LogP contribution in [0.1, 0.15) is 34.5 Å². The van der Waals surface area contributed by atoms with Crippen LogP contribution in [0, 0.1) is 6.92 Å². The Labute approximate surface area is 241 Å². The van der Waals surface area contributed by atoms with E-state index in [2.05, 4.69) is 26.3 Å². The molecule has 1 fully saturated rings. The van der Waals surface area contributed by atoms with Crippen molar-refractivity contribution in [1.82, 2.24) is 20.9 Å². The molecule has 0 bridgehead atoms. The molecule has 4 amide bonds. The van der Waals surface area contributed by atoms with E-state index >= 15 is 0 Å². The molecular formula is C30H30N6O4S. The summed E-state index contributed by atoms with van der Waals surface area (Å²) in [6, 6.07) is 16.5. The molecule has 3 heterocycles. The number of ether oxygens (including phenoxy) is 1. The van der Waals surface area contributed by atoms with E-state index in [9.17, 15) is 14.4 Å². The summed E-state index contributed by atoms with van der Waals surface area (Å²) in [5.74, 6) is 1.08. The van der Waals surface area contributed by atoms with Gasteiger partial charge in [0.25, 0.3) is 5.91 Å². The molecule has 2 unspecified atom stereocenters. The van der Waals surface area contributed by atoms with Gasteiger partial charge in [0.15, 0.2) is 0 Å². The highest BCUT2D eigenvalue weighted by molar-refractivity contribution is 7.21. The summed E-state index contributed by atoms with van der Waals surface area (Å²) < 4.78 is 5.97. The van der Waals surface area contributed by atoms with Crippen molar-refractivity contribution in [2.45, 2.75) is 38.3 Å². The second-order valence-electron chi connectivity index (χ2n) is 10.2. The van der Waals surface area contributed by atoms with Crippen molar-refractivity contribution in [3.05, 3.63) is 71.2 Å². The number of hydrogen-bond donors (Lipinski definition) is 4. The van der Waals surface area contributed by atoms with Gasteiger partial charge in [-0.25, -0.2) is 9.78 Å². The average Bonchev–Trinajstić information content (AvgIpc) is 3.55. The summed E-state index contributed by atoms with van der Waals surface area (Å²) in [6.45, 7) is 2.19. The molecule has 2 aromatic carbocycles. The molecule has 2 aromatic heterocycles. The Morgan fingerprint density at radius 3 is 2.59 bits per heavy atom. The van der Waals surface area contributed by atoms with Gasteiger partial charge in [0, 0.05) is 18.3 Å². The lowest BCUT2D eigenvalue weighted by molar-refractivity contribution is -0.120. The number of pyridine rings is 1. The number of nitrogens with one attached hydrogen (secondary N) is 4. The second-order valence-corrected chi connectivity index (χ2v) is 11.2. The van der Waals surface area contributed by atoms with E-state index in [4.69, 9.17) is 4.74 Å². The van der Waals surface area contributed by atoms with Crippen LogP contribution in [0.25, 0.3) is 10.2 Å². The highest BCUT2D eigenvalue weighted by atomic mass is 32.1. The summed E-state index contributed by atoms with van der Waals surface area (Å²) in [5, 5.41) is 12.6. The zero-order chi connectivity index (χ0) is 28.5. The van der Waals surface area contributed by atoms with Crippen molar-refractivity contribution in [2.24, 2.45) is 0 Å². The number of likely N-dealkylation sites (N-methyl/N-ethyl adjacent to an activating group) is 1. The van der Waals surface area contributed by atoms with E-state index < -0.39 is 0 Å². The summed E-state index contributed by atoms with van der Waals surface area (Å²) in [7, 11) is 1.73. The predicted octanol–water partition coefficient (Wildman–Crippen LogP) is 5.07. The zero-order valence-corrected chi connectivity index (χ0v) is 23.5. The van der Waals surface area contributed by atoms with Gasteiger partial charge in [0.05, 0.1) is 29.0 Å². The molecule has 10 nitrogen and oxygen atoms in total. The molecule has 0 saturated heterocycles. The third-order valence-corrected chi connectivity index (χ3v) is 8.41. The summed E-state index contributed by atoms with van der Waals surface area (Å²) in [4.78, 5) is 46.1. The third-order valence-electron chi connectivity index (χ3n) is 7.31. The smallest absolute Gasteiger partial charge is 0.331 e. The van der Waals surface area contributed by atoms with Crippen LogP contribution in [0.15, 0.2) is 60.8 Å². The number of nitrogens with zero attached hydrogens (tertiary/aromatic N) is 2. The summed E-state index contributed by atoms with van der Waals surface area (Å²) in [5.41, 5.74) is 2.70. The fourth-order valence-electron chi connectivity index (χ4n) is 5.48. The largest absolute Gasteiger partial charge is 0.457 e. The molecule has 0 radical (unpaired) electrons. The number of urea groups is 1. The number of aryl methyl sites for hydroxylation is 1. The number of rotatable bonds is 8. The standard InChI is InChI=1S/C30H30N6O4S/c1-17-14-21(40-20-6-4-3-5-7-20)10-11-22(17)36-23-12-13-32-29-25(23)26(35-30(36)39)27(41-29)28(38)34-19-9-8-18(15-19)33-24(37)16-31-2/h3-7,10-14,18-19,31H,8-9,15-16H2,1-2H3,(H,33,37)(H,34,38)(H,35,39). The van der Waals surface area contributed by atoms with Gasteiger partial charge in [0.2, 0.25) is 5.91 Å². The number of carbonyl (C=O) groups excluding carboxylic acids is 3. The minimum atomic E-state index is -0.356. The van der Waals surface area contributed by atoms with Crippen molar-refractivity contribution in [1.29, 1.82) is 0 Å². The van der Waals surface area contributed by atoms with Crippen LogP contribution in [0.5, 0.6) is 11.5 Å². The molecule has 2 atom stereocenters. The number of hydrogen-bond acceptors (Lipinski definition) is 7. The van der Waals surface area contributed by atoms with Crippen molar-refractivity contribution < 1.29 is 19.1 Å². The number of benzene rings is 2. The second kappa shape index (κ2) is 11.2. The first-order valence-corrected chi connectivity index (χ1v) is 14.3. The molecule has 1 aliphatic carbocycles. The number of para-hydroxylation sites is 1. The molecule has 41 heavy (non-hydrogen) atoms. The highest BCUT2D eigenvalue weighted by Gasteiger charge is 2.34. The Bertz CT molecular complexity index is 1640. The first-order chi connectivity index (χ1) is 19.9. The normalized spacial score (nSPS) is 17.8. The fraction of sp³-hybridized carbons (Fsp3) is 0.267. The van der Waals surface area contributed by atoms with E-state index in [1.165, 1.54) is 11.3 Å². The molecule has 11 heteroatoms. The Balaban J connectivity index is 1.24. The van der Waals surface area contributed by atoms with E-state index in [1.54, 1.807) is 24.2 Å². The monoisotopic (exact) mass is 570 g/mol. The third kappa shape index (κ3) is 5.33. The fourth-order valence-corrected chi connectivity index (χ4v) is 6.51. The Hall–Kier alpha value is -4.48. The van der Waals surface area contributed by atoms with Gasteiger partial charge in [0.1, 0.15) is 21.2 Å². The minimum absolute atomic E-state index is 0.0242. The van der Waals surface area contributed by atoms with E-state index in [0.29, 0.717) is 38.9 Å². The van der Waals surface area contributed by atoms with Gasteiger partial charge in [-0.3, -0.25) is 14.5 Å². The molecule has 2 aliphatic rings. The van der Waals surface area contributed by atoms with E-state index in [-0.39, 0.29) is 36.5 Å². The van der Waals surface area contributed by atoms with Crippen LogP contribution in [0.2, 0.25) is 0 Å². The maximum absolute atomic E-state index is 13.5. The number of carbonyl (C=O) groups is 3. The molecule has 210 valence electrons. The van der Waals surface area contributed by atoms with Crippen LogP contribution < -0.4 is 30.9 Å². The maximum atomic E-state index is 13.5. The van der Waals surface area contributed by atoms with Gasteiger partial charge in [-0.1, -0.05) is 18.2 Å². The molecule has 1 saturated carbocycles. The number of aromatic nitrogens is 1. The Kier molecular flexibility index (Phi) is 7.29. The van der Waals surface area contributed by atoms with Crippen LogP contribution in [-0.2, 0) is 4.79 Å². The first kappa shape index (κ1) is 26.7. The highest BCUT2D eigenvalue weighted by Crippen LogP contribution is 2.46. The number of amides is 4. The molecule has 1 aliphatic heterocycles. The SMILES string of the molecule is CNCC(=O)NC1CCC(NC(=O)c2sc3nccc4c3c2NC(=O)N4c2ccc(Oc3ccccc3)cc2C)C1. The van der Waals surface area contributed by atoms with Crippen LogP contribution >= 0.6 is 11.3 Å². The minimum Gasteiger partial charge on any atom is -0.457 e. The van der Waals surface area contributed by atoms with Crippen LogP contribution in [0.3, 0.4) is 0 Å². The lowest BCUT2D eigenvalue weighted by atomic mass is 10.1. The molecule has 4 aromatic rings. The quantitative estimate of drug-likeness (QED) is 0.235. The van der Waals surface area contributed by atoms with E-state index in [1.807, 2.05) is 55.5 Å². The van der Waals surface area contributed by atoms with Crippen molar-refractivity contribution >= 4 is 56.5 Å². The van der Waals surface area contributed by atoms with Crippen molar-refractivity contribution in [2.75, 3.05) is 23.8 Å². The van der Waals surface area contributed by atoms with Gasteiger partial charge >= 0.3 is 6.03 Å². The lowest BCUT2D eigenvalue weighted by Crippen LogP contribution is -2.40. The van der Waals surface area contributed by atoms with Gasteiger partial charge in [-0.05, 0) is 75.2 Å². The van der Waals surface area contributed by atoms with Gasteiger partial charge in [-0.15, -0.1) is 11.3 Å². The number of thiophene rings is 1. The maximum Gasteiger partial charge on any atom is 0.331 e. The molecule has 0 spiro atoms. The Morgan fingerprint density at radius 1 is 1.05 bits per heavy atom. The molecule has 4 N–H and O–H groups in total. The Morgan fingerprint density at radius 2 is 1.83 bits per heavy atom. The lowest BCUT2D eigenvalue weighted by Gasteiger charge is -2.29. The topological polar surface area (TPSA) is 125 Å². The molecular weight excluding hydrogens is 540 g/mol. The van der Waals surface area contributed by atoms with Gasteiger partial charge < -0.3 is 26.0 Å². The van der Waals surface area contributed by atoms with Crippen molar-refractivity contribution in [3.63, 3.8) is 0 Å².